The summed E-state index contributed by atoms with van der Waals surface area (Å²) >= 11 is 0. The fraction of sp³-hybridized carbons (Fsp3) is 0.324. The fourth-order valence-corrected chi connectivity index (χ4v) is 6.01. The summed E-state index contributed by atoms with van der Waals surface area (Å²) in [6.07, 6.45) is -1.84. The molecule has 3 N–H and O–H groups in total. The Hall–Kier alpha value is -3.98. The van der Waals surface area contributed by atoms with Crippen molar-refractivity contribution < 1.29 is 23.1 Å². The molecule has 0 saturated carbocycles. The predicted octanol–water partition coefficient (Wildman–Crippen LogP) is 6.40. The number of halogens is 3. The zero-order chi connectivity index (χ0) is 31.6. The van der Waals surface area contributed by atoms with Crippen molar-refractivity contribution in [1.29, 1.82) is 0 Å². The molecule has 4 aromatic carbocycles. The Morgan fingerprint density at radius 2 is 1.47 bits per heavy atom. The molecule has 0 radical (unpaired) electrons. The smallest absolute Gasteiger partial charge is 0.390 e. The molecule has 1 amide bonds. The maximum absolute atomic E-state index is 13.6. The van der Waals surface area contributed by atoms with E-state index in [0.29, 0.717) is 24.1 Å². The molecule has 1 saturated heterocycles. The van der Waals surface area contributed by atoms with E-state index in [0.717, 1.165) is 49.1 Å². The molecular formula is C37H40F3N3O2. The minimum absolute atomic E-state index is 0.0370. The highest BCUT2D eigenvalue weighted by atomic mass is 19.4. The van der Waals surface area contributed by atoms with Gasteiger partial charge in [-0.3, -0.25) is 4.79 Å². The molecule has 0 unspecified atom stereocenters. The number of benzene rings is 4. The maximum atomic E-state index is 13.6. The van der Waals surface area contributed by atoms with Crippen LogP contribution >= 0.6 is 0 Å². The summed E-state index contributed by atoms with van der Waals surface area (Å²) in [6, 6.07) is 32.8. The van der Waals surface area contributed by atoms with Gasteiger partial charge in [-0.05, 0) is 66.1 Å². The second kappa shape index (κ2) is 15.3. The molecule has 1 aliphatic heterocycles. The number of aliphatic hydroxyl groups is 1. The Bertz CT molecular complexity index is 1510. The number of nitrogens with zero attached hydrogens (tertiary/aromatic N) is 1. The van der Waals surface area contributed by atoms with Crippen LogP contribution in [0.15, 0.2) is 109 Å². The zero-order valence-electron chi connectivity index (χ0n) is 25.2. The number of amides is 1. The van der Waals surface area contributed by atoms with Crippen LogP contribution in [0.3, 0.4) is 0 Å². The van der Waals surface area contributed by atoms with Crippen LogP contribution in [0.25, 0.3) is 0 Å². The lowest BCUT2D eigenvalue weighted by molar-refractivity contribution is -0.137. The molecule has 5 rings (SSSR count). The Kier molecular flexibility index (Phi) is 11.1. The van der Waals surface area contributed by atoms with E-state index in [1.54, 1.807) is 6.07 Å². The van der Waals surface area contributed by atoms with Crippen molar-refractivity contribution in [3.05, 3.63) is 143 Å². The van der Waals surface area contributed by atoms with Crippen LogP contribution in [-0.2, 0) is 32.1 Å². The first kappa shape index (κ1) is 32.4. The number of nitrogens with one attached hydrogen (secondary N) is 2. The van der Waals surface area contributed by atoms with Gasteiger partial charge in [0, 0.05) is 43.8 Å². The van der Waals surface area contributed by atoms with Gasteiger partial charge in [0.1, 0.15) is 0 Å². The SMILES string of the molecule is O=C(c1cccc(CN[C@@H](Cc2ccccc2)[C@H](O)CNCc2cccc(C(F)(F)F)c2)c1)N1CCC[C@H]1Cc1ccccc1. The quantitative estimate of drug-likeness (QED) is 0.163. The van der Waals surface area contributed by atoms with Gasteiger partial charge in [-0.2, -0.15) is 13.2 Å². The molecule has 1 aliphatic rings. The van der Waals surface area contributed by atoms with Crippen LogP contribution in [0, 0.1) is 0 Å². The molecule has 8 heteroatoms. The third-order valence-corrected chi connectivity index (χ3v) is 8.39. The van der Waals surface area contributed by atoms with Crippen LogP contribution in [-0.4, -0.2) is 47.2 Å². The normalized spacial score (nSPS) is 16.4. The highest BCUT2D eigenvalue weighted by Crippen LogP contribution is 2.29. The summed E-state index contributed by atoms with van der Waals surface area (Å²) in [4.78, 5) is 15.6. The highest BCUT2D eigenvalue weighted by molar-refractivity contribution is 5.94. The Morgan fingerprint density at radius 3 is 2.18 bits per heavy atom. The van der Waals surface area contributed by atoms with E-state index < -0.39 is 17.8 Å². The van der Waals surface area contributed by atoms with Crippen molar-refractivity contribution in [2.75, 3.05) is 13.1 Å². The number of hydrogen-bond acceptors (Lipinski definition) is 4. The van der Waals surface area contributed by atoms with Crippen LogP contribution in [0.2, 0.25) is 0 Å². The summed E-state index contributed by atoms with van der Waals surface area (Å²) in [5.74, 6) is 0.0370. The standard InChI is InChI=1S/C37H40F3N3O2/c38-37(39,40)32-17-8-15-30(21-32)24-41-26-35(44)34(23-28-12-5-2-6-13-28)42-25-29-14-7-16-31(20-29)36(45)43-19-9-18-33(43)22-27-10-3-1-4-11-27/h1-8,10-17,20-21,33-35,41-42,44H,9,18-19,22-26H2/t33-,34-,35+/m0/s1. The van der Waals surface area contributed by atoms with Crippen molar-refractivity contribution in [3.63, 3.8) is 0 Å². The van der Waals surface area contributed by atoms with Gasteiger partial charge in [0.15, 0.2) is 0 Å². The molecule has 0 bridgehead atoms. The summed E-state index contributed by atoms with van der Waals surface area (Å²) in [7, 11) is 0. The van der Waals surface area contributed by atoms with Crippen LogP contribution in [0.4, 0.5) is 13.2 Å². The second-order valence-electron chi connectivity index (χ2n) is 11.8. The summed E-state index contributed by atoms with van der Waals surface area (Å²) in [6.45, 7) is 1.58. The van der Waals surface area contributed by atoms with Gasteiger partial charge in [-0.25, -0.2) is 0 Å². The summed E-state index contributed by atoms with van der Waals surface area (Å²) in [5.41, 5.74) is 3.67. The van der Waals surface area contributed by atoms with Crippen LogP contribution in [0.5, 0.6) is 0 Å². The minimum Gasteiger partial charge on any atom is -0.390 e. The minimum atomic E-state index is -4.40. The molecule has 236 valence electrons. The van der Waals surface area contributed by atoms with E-state index in [9.17, 15) is 23.1 Å². The van der Waals surface area contributed by atoms with Crippen molar-refractivity contribution >= 4 is 5.91 Å². The molecule has 0 spiro atoms. The second-order valence-corrected chi connectivity index (χ2v) is 11.8. The molecule has 1 heterocycles. The number of likely N-dealkylation sites (tertiary alicyclic amines) is 1. The molecule has 5 nitrogen and oxygen atoms in total. The Morgan fingerprint density at radius 1 is 0.822 bits per heavy atom. The molecule has 4 aromatic rings. The van der Waals surface area contributed by atoms with Crippen molar-refractivity contribution in [2.45, 2.75) is 63.1 Å². The van der Waals surface area contributed by atoms with Gasteiger partial charge in [-0.1, -0.05) is 91.0 Å². The lowest BCUT2D eigenvalue weighted by Crippen LogP contribution is -2.46. The average molecular weight is 616 g/mol. The molecule has 0 aromatic heterocycles. The van der Waals surface area contributed by atoms with Gasteiger partial charge >= 0.3 is 6.18 Å². The first-order valence-electron chi connectivity index (χ1n) is 15.5. The van der Waals surface area contributed by atoms with Crippen molar-refractivity contribution in [1.82, 2.24) is 15.5 Å². The number of alkyl halides is 3. The number of aliphatic hydroxyl groups excluding tert-OH is 1. The topological polar surface area (TPSA) is 64.6 Å². The maximum Gasteiger partial charge on any atom is 0.416 e. The molecular weight excluding hydrogens is 575 g/mol. The molecule has 3 atom stereocenters. The van der Waals surface area contributed by atoms with E-state index in [1.165, 1.54) is 11.6 Å². The van der Waals surface area contributed by atoms with E-state index in [1.807, 2.05) is 77.7 Å². The number of carbonyl (C=O) groups excluding carboxylic acids is 1. The lowest BCUT2D eigenvalue weighted by atomic mass is 10.00. The fourth-order valence-electron chi connectivity index (χ4n) is 6.01. The first-order chi connectivity index (χ1) is 21.8. The largest absolute Gasteiger partial charge is 0.416 e. The summed E-state index contributed by atoms with van der Waals surface area (Å²) in [5, 5.41) is 17.8. The molecule has 45 heavy (non-hydrogen) atoms. The van der Waals surface area contributed by atoms with Crippen LogP contribution < -0.4 is 10.6 Å². The van der Waals surface area contributed by atoms with E-state index in [-0.39, 0.29) is 31.1 Å². The highest BCUT2D eigenvalue weighted by Gasteiger charge is 2.31. The zero-order valence-corrected chi connectivity index (χ0v) is 25.2. The van der Waals surface area contributed by atoms with E-state index >= 15 is 0 Å². The van der Waals surface area contributed by atoms with Gasteiger partial charge in [-0.15, -0.1) is 0 Å². The summed E-state index contributed by atoms with van der Waals surface area (Å²) < 4.78 is 39.3. The third kappa shape index (κ3) is 9.26. The van der Waals surface area contributed by atoms with Gasteiger partial charge in [0.25, 0.3) is 5.91 Å². The van der Waals surface area contributed by atoms with Gasteiger partial charge in [0.2, 0.25) is 0 Å². The lowest BCUT2D eigenvalue weighted by Gasteiger charge is -2.26. The Balaban J connectivity index is 1.21. The van der Waals surface area contributed by atoms with Gasteiger partial charge in [0.05, 0.1) is 11.7 Å². The van der Waals surface area contributed by atoms with Gasteiger partial charge < -0.3 is 20.6 Å². The van der Waals surface area contributed by atoms with E-state index in [2.05, 4.69) is 22.8 Å². The Labute approximate surface area is 263 Å². The van der Waals surface area contributed by atoms with Crippen molar-refractivity contribution in [2.24, 2.45) is 0 Å². The van der Waals surface area contributed by atoms with E-state index in [4.69, 9.17) is 0 Å². The average Bonchev–Trinajstić information content (AvgIpc) is 3.51. The first-order valence-corrected chi connectivity index (χ1v) is 15.5. The number of rotatable bonds is 13. The number of hydrogen-bond donors (Lipinski definition) is 3. The van der Waals surface area contributed by atoms with Crippen molar-refractivity contribution in [3.8, 4) is 0 Å². The monoisotopic (exact) mass is 615 g/mol. The predicted molar refractivity (Wildman–Crippen MR) is 171 cm³/mol. The third-order valence-electron chi connectivity index (χ3n) is 8.39. The molecule has 1 fully saturated rings. The molecule has 0 aliphatic carbocycles. The van der Waals surface area contributed by atoms with Crippen LogP contribution in [0.1, 0.15) is 51.0 Å². The number of carbonyl (C=O) groups is 1.